The molecule has 1 N–H and O–H groups in total. The van der Waals surface area contributed by atoms with E-state index in [1.54, 1.807) is 17.4 Å². The van der Waals surface area contributed by atoms with E-state index in [1.807, 2.05) is 48.7 Å². The summed E-state index contributed by atoms with van der Waals surface area (Å²) in [7, 11) is 0. The van der Waals surface area contributed by atoms with Crippen molar-refractivity contribution in [2.24, 2.45) is 0 Å². The largest absolute Gasteiger partial charge is 0.492 e. The van der Waals surface area contributed by atoms with Crippen LogP contribution in [0.2, 0.25) is 0 Å². The fourth-order valence-electron chi connectivity index (χ4n) is 2.93. The smallest absolute Gasteiger partial charge is 0.248 e. The maximum absolute atomic E-state index is 12.1. The van der Waals surface area contributed by atoms with Gasteiger partial charge in [0, 0.05) is 41.3 Å². The van der Waals surface area contributed by atoms with Crippen LogP contribution in [0.25, 0.3) is 6.08 Å². The van der Waals surface area contributed by atoms with E-state index in [1.165, 1.54) is 0 Å². The van der Waals surface area contributed by atoms with Crippen LogP contribution in [-0.4, -0.2) is 36.0 Å². The summed E-state index contributed by atoms with van der Waals surface area (Å²) in [5.41, 5.74) is 1.80. The maximum Gasteiger partial charge on any atom is 0.248 e. The predicted octanol–water partition coefficient (Wildman–Crippen LogP) is 5.21. The second-order valence-electron chi connectivity index (χ2n) is 7.09. The molecule has 0 atom stereocenters. The molecule has 2 aromatic rings. The fraction of sp³-hybridized carbons (Fsp3) is 0.409. The van der Waals surface area contributed by atoms with E-state index in [0.717, 1.165) is 28.4 Å². The molecule has 0 aliphatic heterocycles. The number of ether oxygens (including phenoxy) is 1. The van der Waals surface area contributed by atoms with Crippen molar-refractivity contribution in [1.29, 1.82) is 0 Å². The molecule has 1 aromatic heterocycles. The Morgan fingerprint density at radius 1 is 1.22 bits per heavy atom. The van der Waals surface area contributed by atoms with Gasteiger partial charge in [0.1, 0.15) is 12.4 Å². The molecule has 146 valence electrons. The van der Waals surface area contributed by atoms with E-state index >= 15 is 0 Å². The number of thiophene rings is 1. The first-order chi connectivity index (χ1) is 12.9. The molecule has 0 saturated carbocycles. The minimum Gasteiger partial charge on any atom is -0.492 e. The van der Waals surface area contributed by atoms with Crippen LogP contribution in [0.15, 0.2) is 41.8 Å². The second kappa shape index (κ2) is 10.3. The van der Waals surface area contributed by atoms with Crippen LogP contribution in [0.3, 0.4) is 0 Å². The summed E-state index contributed by atoms with van der Waals surface area (Å²) in [5, 5.41) is 4.88. The van der Waals surface area contributed by atoms with Crippen LogP contribution in [0.4, 0.5) is 5.69 Å². The fourth-order valence-corrected chi connectivity index (χ4v) is 3.55. The molecule has 1 amide bonds. The second-order valence-corrected chi connectivity index (χ2v) is 8.07. The summed E-state index contributed by atoms with van der Waals surface area (Å²) in [6, 6.07) is 10.7. The van der Waals surface area contributed by atoms with Crippen molar-refractivity contribution in [1.82, 2.24) is 4.90 Å². The third-order valence-corrected chi connectivity index (χ3v) is 5.17. The molecule has 2 rings (SSSR count). The zero-order valence-electron chi connectivity index (χ0n) is 16.9. The van der Waals surface area contributed by atoms with Gasteiger partial charge in [0.2, 0.25) is 5.91 Å². The van der Waals surface area contributed by atoms with Gasteiger partial charge in [-0.05, 0) is 63.8 Å². The summed E-state index contributed by atoms with van der Waals surface area (Å²) in [4.78, 5) is 15.6. The van der Waals surface area contributed by atoms with Crippen LogP contribution >= 0.6 is 11.3 Å². The Hall–Kier alpha value is -2.11. The van der Waals surface area contributed by atoms with Crippen molar-refractivity contribution in [3.63, 3.8) is 0 Å². The quantitative estimate of drug-likeness (QED) is 0.602. The van der Waals surface area contributed by atoms with Gasteiger partial charge >= 0.3 is 0 Å². The highest BCUT2D eigenvalue weighted by molar-refractivity contribution is 7.10. The molecule has 27 heavy (non-hydrogen) atoms. The number of carbonyl (C=O) groups excluding carboxylic acids is 1. The van der Waals surface area contributed by atoms with Gasteiger partial charge in [-0.1, -0.05) is 12.1 Å². The Balaban J connectivity index is 1.94. The van der Waals surface area contributed by atoms with E-state index < -0.39 is 0 Å². The van der Waals surface area contributed by atoms with Crippen molar-refractivity contribution < 1.29 is 9.53 Å². The molecule has 0 fully saturated rings. The molecular formula is C22H30N2O2S. The summed E-state index contributed by atoms with van der Waals surface area (Å²) in [6.45, 7) is 12.3. The van der Waals surface area contributed by atoms with Crippen LogP contribution in [0.1, 0.15) is 38.1 Å². The number of aryl methyl sites for hydroxylation is 1. The van der Waals surface area contributed by atoms with Crippen molar-refractivity contribution in [2.75, 3.05) is 18.5 Å². The molecule has 5 heteroatoms. The number of hydrogen-bond acceptors (Lipinski definition) is 4. The topological polar surface area (TPSA) is 41.6 Å². The molecule has 1 aromatic carbocycles. The number of carbonyl (C=O) groups is 1. The zero-order chi connectivity index (χ0) is 19.8. The van der Waals surface area contributed by atoms with Gasteiger partial charge in [0.25, 0.3) is 0 Å². The van der Waals surface area contributed by atoms with Gasteiger partial charge in [-0.25, -0.2) is 0 Å². The first-order valence-electron chi connectivity index (χ1n) is 9.38. The Labute approximate surface area is 166 Å². The molecule has 0 bridgehead atoms. The third-order valence-electron chi connectivity index (χ3n) is 4.33. The molecule has 1 heterocycles. The van der Waals surface area contributed by atoms with E-state index in [9.17, 15) is 4.79 Å². The molecule has 4 nitrogen and oxygen atoms in total. The lowest BCUT2D eigenvalue weighted by Crippen LogP contribution is -2.39. The Morgan fingerprint density at radius 2 is 1.96 bits per heavy atom. The van der Waals surface area contributed by atoms with Crippen LogP contribution in [0, 0.1) is 6.92 Å². The van der Waals surface area contributed by atoms with Gasteiger partial charge in [0.05, 0.1) is 0 Å². The van der Waals surface area contributed by atoms with Gasteiger partial charge in [-0.2, -0.15) is 0 Å². The number of benzene rings is 1. The highest BCUT2D eigenvalue weighted by Crippen LogP contribution is 2.23. The summed E-state index contributed by atoms with van der Waals surface area (Å²) in [6.07, 6.45) is 3.37. The first kappa shape index (κ1) is 21.2. The molecule has 0 aliphatic rings. The van der Waals surface area contributed by atoms with Gasteiger partial charge in [-0.15, -0.1) is 11.3 Å². The lowest BCUT2D eigenvalue weighted by atomic mass is 10.2. The lowest BCUT2D eigenvalue weighted by molar-refractivity contribution is -0.111. The van der Waals surface area contributed by atoms with E-state index in [-0.39, 0.29) is 5.91 Å². The standard InChI is InChI=1S/C22H30N2O2S/c1-16(2)24(17(3)4)12-13-26-21-15-19(9-8-18(21)5)23-22(25)11-10-20-7-6-14-27-20/h6-11,14-17H,12-13H2,1-5H3,(H,23,25)/b11-10+. The molecular weight excluding hydrogens is 356 g/mol. The van der Waals surface area contributed by atoms with Crippen LogP contribution in [0.5, 0.6) is 5.75 Å². The van der Waals surface area contributed by atoms with Crippen LogP contribution < -0.4 is 10.1 Å². The van der Waals surface area contributed by atoms with Gasteiger partial charge in [0.15, 0.2) is 0 Å². The third kappa shape index (κ3) is 6.85. The number of nitrogens with one attached hydrogen (secondary N) is 1. The van der Waals surface area contributed by atoms with Crippen molar-refractivity contribution in [3.8, 4) is 5.75 Å². The average molecular weight is 387 g/mol. The summed E-state index contributed by atoms with van der Waals surface area (Å²) >= 11 is 1.60. The minimum absolute atomic E-state index is 0.149. The minimum atomic E-state index is -0.149. The lowest BCUT2D eigenvalue weighted by Gasteiger charge is -2.30. The summed E-state index contributed by atoms with van der Waals surface area (Å²) < 4.78 is 6.00. The zero-order valence-corrected chi connectivity index (χ0v) is 17.7. The number of amides is 1. The number of nitrogens with zero attached hydrogens (tertiary/aromatic N) is 1. The normalized spacial score (nSPS) is 11.7. The molecule has 0 spiro atoms. The Kier molecular flexibility index (Phi) is 8.07. The molecule has 0 radical (unpaired) electrons. The number of anilines is 1. The van der Waals surface area contributed by atoms with Crippen molar-refractivity contribution in [2.45, 2.75) is 46.7 Å². The maximum atomic E-state index is 12.1. The monoisotopic (exact) mass is 386 g/mol. The predicted molar refractivity (Wildman–Crippen MR) is 116 cm³/mol. The highest BCUT2D eigenvalue weighted by Gasteiger charge is 2.13. The Morgan fingerprint density at radius 3 is 2.59 bits per heavy atom. The van der Waals surface area contributed by atoms with Crippen molar-refractivity contribution in [3.05, 3.63) is 52.2 Å². The number of rotatable bonds is 9. The molecule has 0 aliphatic carbocycles. The van der Waals surface area contributed by atoms with Crippen LogP contribution in [-0.2, 0) is 4.79 Å². The van der Waals surface area contributed by atoms with E-state index in [2.05, 4.69) is 37.9 Å². The Bertz CT molecular complexity index is 744. The van der Waals surface area contributed by atoms with Gasteiger partial charge in [-0.3, -0.25) is 9.69 Å². The number of hydrogen-bond donors (Lipinski definition) is 1. The van der Waals surface area contributed by atoms with E-state index in [0.29, 0.717) is 18.7 Å². The summed E-state index contributed by atoms with van der Waals surface area (Å²) in [5.74, 6) is 0.659. The SMILES string of the molecule is Cc1ccc(NC(=O)/C=C/c2cccs2)cc1OCCN(C(C)C)C(C)C. The highest BCUT2D eigenvalue weighted by atomic mass is 32.1. The van der Waals surface area contributed by atoms with Crippen molar-refractivity contribution >= 4 is 29.0 Å². The first-order valence-corrected chi connectivity index (χ1v) is 10.3. The van der Waals surface area contributed by atoms with E-state index in [4.69, 9.17) is 4.74 Å². The van der Waals surface area contributed by atoms with Gasteiger partial charge < -0.3 is 10.1 Å². The average Bonchev–Trinajstić information content (AvgIpc) is 3.12. The molecule has 0 saturated heterocycles. The molecule has 0 unspecified atom stereocenters.